The van der Waals surface area contributed by atoms with Crippen LogP contribution in [0.5, 0.6) is 0 Å². The van der Waals surface area contributed by atoms with Crippen molar-refractivity contribution in [3.05, 3.63) is 0 Å². The molecule has 0 bridgehead atoms. The maximum absolute atomic E-state index is 1.84. The standard InChI is InChI=1S/H18Si9/c1-8-6-4-5-7-9(8,2)3/h8H,4-7H2,1-3H3. The predicted molar refractivity (Wildman–Crippen MR) is 76.9 cm³/mol. The van der Waals surface area contributed by atoms with Crippen molar-refractivity contribution in [2.75, 3.05) is 0 Å². The minimum absolute atomic E-state index is 0.0816. The van der Waals surface area contributed by atoms with Crippen molar-refractivity contribution in [3.8, 4) is 0 Å². The lowest BCUT2D eigenvalue weighted by Crippen LogP contribution is -2.69. The monoisotopic (exact) mass is 270 g/mol. The van der Waals surface area contributed by atoms with E-state index in [4.69, 9.17) is 0 Å². The van der Waals surface area contributed by atoms with E-state index < -0.39 is 0 Å². The molecular formula is H18Si9. The van der Waals surface area contributed by atoms with Gasteiger partial charge in [0, 0.05) is 0 Å². The molecule has 0 aromatic carbocycles. The summed E-state index contributed by atoms with van der Waals surface area (Å²) in [6.45, 7) is 0. The summed E-state index contributed by atoms with van der Waals surface area (Å²) in [7, 11) is 9.50. The minimum Gasteiger partial charge on any atom is -0.0114 e. The molecular weight excluding hydrogens is 253 g/mol. The average molecular weight is 271 g/mol. The summed E-state index contributed by atoms with van der Waals surface area (Å²) in [5.74, 6) is 0. The van der Waals surface area contributed by atoms with E-state index in [-0.39, 0.29) is 6.14 Å². The van der Waals surface area contributed by atoms with Crippen LogP contribution in [0.4, 0.5) is 0 Å². The summed E-state index contributed by atoms with van der Waals surface area (Å²) in [4.78, 5) is 0. The summed E-state index contributed by atoms with van der Waals surface area (Å²) >= 11 is 0. The lowest BCUT2D eigenvalue weighted by Gasteiger charge is -2.32. The number of rotatable bonds is 0. The third kappa shape index (κ3) is 2.47. The molecule has 54 valence electrons. The van der Waals surface area contributed by atoms with Crippen LogP contribution in [0, 0.1) is 0 Å². The van der Waals surface area contributed by atoms with Gasteiger partial charge in [0.1, 0.15) is 0 Å². The molecule has 1 unspecified atom stereocenters. The van der Waals surface area contributed by atoms with Gasteiger partial charge in [-0.05, 0) is 77.0 Å². The van der Waals surface area contributed by atoms with Crippen molar-refractivity contribution in [1.82, 2.24) is 0 Å². The van der Waals surface area contributed by atoms with Crippen LogP contribution in [0.1, 0.15) is 0 Å². The Balaban J connectivity index is 2.49. The van der Waals surface area contributed by atoms with Gasteiger partial charge in [0.05, 0.1) is 0 Å². The molecule has 0 spiro atoms. The quantitative estimate of drug-likeness (QED) is 0.384. The summed E-state index contributed by atoms with van der Waals surface area (Å²) in [5, 5.41) is 0. The third-order valence-electron chi connectivity index (χ3n) is 3.04. The van der Waals surface area contributed by atoms with Crippen molar-refractivity contribution in [1.29, 1.82) is 0 Å². The summed E-state index contributed by atoms with van der Waals surface area (Å²) in [6.07, 6.45) is 0.0816. The second-order valence-electron chi connectivity index (χ2n) is 4.14. The van der Waals surface area contributed by atoms with E-state index in [2.05, 4.69) is 0 Å². The molecule has 1 fully saturated rings. The van der Waals surface area contributed by atoms with Crippen LogP contribution in [-0.4, -0.2) is 77.0 Å². The Morgan fingerprint density at radius 1 is 1.22 bits per heavy atom. The van der Waals surface area contributed by atoms with Crippen LogP contribution in [0.25, 0.3) is 0 Å². The molecule has 1 aliphatic rings. The van der Waals surface area contributed by atoms with Crippen LogP contribution >= 0.6 is 0 Å². The molecule has 0 aromatic heterocycles. The van der Waals surface area contributed by atoms with Crippen molar-refractivity contribution in [3.63, 3.8) is 0 Å². The van der Waals surface area contributed by atoms with Gasteiger partial charge in [0.2, 0.25) is 0 Å². The van der Waals surface area contributed by atoms with Crippen LogP contribution in [0.15, 0.2) is 0 Å². The Kier molecular flexibility index (Phi) is 3.58. The van der Waals surface area contributed by atoms with E-state index in [1.807, 2.05) is 29.3 Å². The number of hydrogen-bond donors (Lipinski definition) is 0. The van der Waals surface area contributed by atoms with Crippen molar-refractivity contribution in [2.45, 2.75) is 0 Å². The fourth-order valence-electron chi connectivity index (χ4n) is 1.67. The Labute approximate surface area is 76.6 Å². The first-order valence-electron chi connectivity index (χ1n) is 4.13. The molecule has 1 heterocycles. The Morgan fingerprint density at radius 2 is 1.89 bits per heavy atom. The molecule has 0 aliphatic carbocycles. The highest BCUT2D eigenvalue weighted by Gasteiger charge is 2.31. The Hall–Kier alpha value is 1.95. The van der Waals surface area contributed by atoms with E-state index in [1.54, 1.807) is 0 Å². The molecule has 1 aliphatic heterocycles. The van der Waals surface area contributed by atoms with Crippen LogP contribution < -0.4 is 0 Å². The molecule has 0 nitrogen and oxygen atoms in total. The van der Waals surface area contributed by atoms with Gasteiger partial charge in [-0.2, -0.15) is 0 Å². The van der Waals surface area contributed by atoms with Gasteiger partial charge in [-0.1, -0.05) is 0 Å². The first kappa shape index (κ1) is 9.04. The molecule has 0 N–H and O–H groups in total. The van der Waals surface area contributed by atoms with Crippen molar-refractivity contribution >= 4 is 77.0 Å². The average Bonchev–Trinajstić information content (AvgIpc) is 1.77. The van der Waals surface area contributed by atoms with E-state index in [0.29, 0.717) is 7.35 Å². The molecule has 9 heavy (non-hydrogen) atoms. The summed E-state index contributed by atoms with van der Waals surface area (Å²) in [5.41, 5.74) is 0. The molecule has 0 aromatic rings. The minimum atomic E-state index is 0.0816. The molecule has 0 saturated carbocycles. The Bertz CT molecular complexity index is 92.2. The highest BCUT2D eigenvalue weighted by atomic mass is 30.4. The zero-order valence-electron chi connectivity index (χ0n) is 6.91. The fourth-order valence-corrected chi connectivity index (χ4v) is 405. The van der Waals surface area contributed by atoms with Gasteiger partial charge in [0.15, 0.2) is 0 Å². The smallest absolute Gasteiger partial charge is 0.00538 e. The first-order chi connectivity index (χ1) is 4.13. The molecule has 9 heteroatoms. The predicted octanol–water partition coefficient (Wildman–Crippen LogP) is -8.25. The number of hydrogen-bond acceptors (Lipinski definition) is 0. The van der Waals surface area contributed by atoms with Crippen molar-refractivity contribution < 1.29 is 0 Å². The molecule has 1 rings (SSSR count). The van der Waals surface area contributed by atoms with Gasteiger partial charge in [-0.15, -0.1) is 0 Å². The molecule has 0 radical (unpaired) electrons. The van der Waals surface area contributed by atoms with E-state index >= 15 is 0 Å². The molecule has 0 amide bonds. The normalized spacial score (nSPS) is 56.7. The molecule has 1 atom stereocenters. The summed E-state index contributed by atoms with van der Waals surface area (Å²) in [6, 6.07) is 0. The maximum atomic E-state index is 1.84. The summed E-state index contributed by atoms with van der Waals surface area (Å²) < 4.78 is 0. The highest BCUT2D eigenvalue weighted by Crippen LogP contribution is 1.94. The zero-order valence-corrected chi connectivity index (χ0v) is 20.7. The SMILES string of the molecule is [SiH3][SiH]1[SiH2][SiH2][SiH2][SiH2][Si]1([SiH3])[SiH3]. The maximum Gasteiger partial charge on any atom is -0.00538 e. The van der Waals surface area contributed by atoms with Crippen molar-refractivity contribution in [2.24, 2.45) is 0 Å². The lowest BCUT2D eigenvalue weighted by molar-refractivity contribution is 3.44. The second-order valence-corrected chi connectivity index (χ2v) is 112. The largest absolute Gasteiger partial charge is 0.0114 e. The van der Waals surface area contributed by atoms with Gasteiger partial charge in [-0.3, -0.25) is 0 Å². The third-order valence-corrected chi connectivity index (χ3v) is 246. The zero-order chi connectivity index (χ0) is 6.91. The van der Waals surface area contributed by atoms with Gasteiger partial charge >= 0.3 is 0 Å². The lowest BCUT2D eigenvalue weighted by atomic mass is 25.8. The van der Waals surface area contributed by atoms with Crippen LogP contribution in [0.3, 0.4) is 0 Å². The van der Waals surface area contributed by atoms with E-state index in [9.17, 15) is 0 Å². The van der Waals surface area contributed by atoms with Gasteiger partial charge in [-0.25, -0.2) is 0 Å². The second kappa shape index (κ2) is 3.57. The van der Waals surface area contributed by atoms with Gasteiger partial charge in [0.25, 0.3) is 0 Å². The fraction of sp³-hybridized carbons (Fsp3) is 0. The molecule has 1 saturated heterocycles. The Morgan fingerprint density at radius 3 is 2.22 bits per heavy atom. The highest BCUT2D eigenvalue weighted by molar-refractivity contribution is 8.07. The van der Waals surface area contributed by atoms with E-state index in [1.165, 1.54) is 0 Å². The first-order valence-corrected chi connectivity index (χ1v) is 37.2. The van der Waals surface area contributed by atoms with Gasteiger partial charge < -0.3 is 0 Å². The van der Waals surface area contributed by atoms with Crippen LogP contribution in [0.2, 0.25) is 0 Å². The van der Waals surface area contributed by atoms with Crippen LogP contribution in [-0.2, 0) is 0 Å². The van der Waals surface area contributed by atoms with E-state index in [0.717, 1.165) is 34.2 Å². The topological polar surface area (TPSA) is 0 Å².